The zero-order valence-electron chi connectivity index (χ0n) is 22.2. The second kappa shape index (κ2) is 10.6. The van der Waals surface area contributed by atoms with Gasteiger partial charge < -0.3 is 4.74 Å². The van der Waals surface area contributed by atoms with Crippen molar-refractivity contribution in [3.63, 3.8) is 0 Å². The molecule has 3 saturated carbocycles. The van der Waals surface area contributed by atoms with Crippen LogP contribution in [0.15, 0.2) is 35.9 Å². The van der Waals surface area contributed by atoms with Gasteiger partial charge in [-0.1, -0.05) is 38.0 Å². The number of hydrogen-bond acceptors (Lipinski definition) is 4. The Hall–Kier alpha value is -1.62. The molecule has 4 aliphatic rings. The zero-order chi connectivity index (χ0) is 25.3. The third kappa shape index (κ3) is 5.19. The van der Waals surface area contributed by atoms with Crippen molar-refractivity contribution in [1.82, 2.24) is 0 Å². The van der Waals surface area contributed by atoms with Crippen LogP contribution in [0.2, 0.25) is 0 Å². The maximum absolute atomic E-state index is 12.4. The minimum Gasteiger partial charge on any atom is -0.494 e. The number of ketones is 1. The fraction of sp³-hybridized carbons (Fsp3) is 0.710. The molecule has 0 amide bonds. The monoisotopic (exact) mass is 512 g/mol. The summed E-state index contributed by atoms with van der Waals surface area (Å²) in [6.07, 6.45) is 14.2. The highest BCUT2D eigenvalue weighted by atomic mass is 32.2. The van der Waals surface area contributed by atoms with E-state index in [1.165, 1.54) is 37.7 Å². The van der Waals surface area contributed by atoms with Gasteiger partial charge in [-0.3, -0.25) is 4.79 Å². The van der Waals surface area contributed by atoms with E-state index in [9.17, 15) is 13.2 Å². The highest BCUT2D eigenvalue weighted by Gasteiger charge is 2.56. The molecular weight excluding hydrogens is 468 g/mol. The van der Waals surface area contributed by atoms with Gasteiger partial charge >= 0.3 is 0 Å². The van der Waals surface area contributed by atoms with Gasteiger partial charge in [-0.25, -0.2) is 8.42 Å². The first-order valence-electron chi connectivity index (χ1n) is 14.5. The molecular formula is C31H44O4S. The summed E-state index contributed by atoms with van der Waals surface area (Å²) < 4.78 is 31.1. The summed E-state index contributed by atoms with van der Waals surface area (Å²) in [5.74, 6) is 5.24. The van der Waals surface area contributed by atoms with Gasteiger partial charge in [-0.2, -0.15) is 0 Å². The van der Waals surface area contributed by atoms with Crippen molar-refractivity contribution < 1.29 is 17.9 Å². The van der Waals surface area contributed by atoms with E-state index in [1.54, 1.807) is 0 Å². The number of carbonyl (C=O) groups excluding carboxylic acids is 1. The standard InChI is InChI=1S/C31H44O4S/c1-3-4-18-36(33,34)21-23-6-5-7-26(19-23)35-17-16-31-15-14-28-27-12-10-25(32)20-24(27)9-11-29(28)30(31)13-8-22(31)2/h5-7,19-20,22,27-30H,3-4,8-18,21H2,1-2H3/t22-,27?,28?,29?,30?,31-/m0/s1. The Labute approximate surface area is 218 Å². The van der Waals surface area contributed by atoms with Crippen LogP contribution >= 0.6 is 0 Å². The molecule has 0 spiro atoms. The molecule has 198 valence electrons. The van der Waals surface area contributed by atoms with Crippen molar-refractivity contribution in [2.75, 3.05) is 12.4 Å². The Morgan fingerprint density at radius 2 is 1.92 bits per heavy atom. The molecule has 5 heteroatoms. The number of unbranched alkanes of at least 4 members (excludes halogenated alkanes) is 1. The van der Waals surface area contributed by atoms with Crippen LogP contribution in [-0.4, -0.2) is 26.6 Å². The zero-order valence-corrected chi connectivity index (χ0v) is 23.0. The summed E-state index contributed by atoms with van der Waals surface area (Å²) in [4.78, 5) is 12.0. The maximum Gasteiger partial charge on any atom is 0.155 e. The molecule has 5 rings (SSSR count). The molecule has 0 N–H and O–H groups in total. The second-order valence-corrected chi connectivity index (χ2v) is 14.4. The van der Waals surface area contributed by atoms with Crippen LogP contribution in [0.5, 0.6) is 5.75 Å². The van der Waals surface area contributed by atoms with Crippen LogP contribution < -0.4 is 4.74 Å². The molecule has 0 bridgehead atoms. The maximum atomic E-state index is 12.4. The summed E-state index contributed by atoms with van der Waals surface area (Å²) in [6.45, 7) is 5.19. The largest absolute Gasteiger partial charge is 0.494 e. The number of fused-ring (bicyclic) bond motifs is 5. The van der Waals surface area contributed by atoms with Crippen molar-refractivity contribution in [3.8, 4) is 5.75 Å². The normalized spacial score (nSPS) is 33.9. The number of sulfone groups is 1. The Morgan fingerprint density at radius 3 is 2.75 bits per heavy atom. The molecule has 0 heterocycles. The van der Waals surface area contributed by atoms with Gasteiger partial charge in [-0.05, 0) is 117 Å². The van der Waals surface area contributed by atoms with E-state index in [-0.39, 0.29) is 11.5 Å². The van der Waals surface area contributed by atoms with Crippen LogP contribution in [0.1, 0.15) is 90.0 Å². The summed E-state index contributed by atoms with van der Waals surface area (Å²) >= 11 is 0. The lowest BCUT2D eigenvalue weighted by Gasteiger charge is -2.55. The smallest absolute Gasteiger partial charge is 0.155 e. The van der Waals surface area contributed by atoms with E-state index < -0.39 is 9.84 Å². The summed E-state index contributed by atoms with van der Waals surface area (Å²) in [6, 6.07) is 7.71. The summed E-state index contributed by atoms with van der Waals surface area (Å²) in [5, 5.41) is 0. The molecule has 0 aliphatic heterocycles. The van der Waals surface area contributed by atoms with E-state index in [0.717, 1.165) is 73.5 Å². The van der Waals surface area contributed by atoms with Gasteiger partial charge in [0, 0.05) is 6.42 Å². The Bertz CT molecular complexity index is 1090. The predicted molar refractivity (Wildman–Crippen MR) is 145 cm³/mol. The molecule has 4 nitrogen and oxygen atoms in total. The molecule has 4 unspecified atom stereocenters. The first kappa shape index (κ1) is 26.0. The first-order valence-corrected chi connectivity index (χ1v) is 16.3. The van der Waals surface area contributed by atoms with Gasteiger partial charge in [0.15, 0.2) is 15.6 Å². The third-order valence-electron chi connectivity index (χ3n) is 10.4. The molecule has 6 atom stereocenters. The van der Waals surface area contributed by atoms with E-state index in [1.807, 2.05) is 37.3 Å². The fourth-order valence-electron chi connectivity index (χ4n) is 8.59. The van der Waals surface area contributed by atoms with E-state index >= 15 is 0 Å². The number of benzene rings is 1. The van der Waals surface area contributed by atoms with Crippen molar-refractivity contribution in [2.24, 2.45) is 35.0 Å². The third-order valence-corrected chi connectivity index (χ3v) is 12.1. The predicted octanol–water partition coefficient (Wildman–Crippen LogP) is 6.93. The van der Waals surface area contributed by atoms with E-state index in [2.05, 4.69) is 6.92 Å². The molecule has 1 aromatic rings. The number of rotatable bonds is 9. The van der Waals surface area contributed by atoms with Crippen molar-refractivity contribution in [2.45, 2.75) is 90.2 Å². The fourth-order valence-corrected chi connectivity index (χ4v) is 10.1. The van der Waals surface area contributed by atoms with Crippen LogP contribution in [0.3, 0.4) is 0 Å². The van der Waals surface area contributed by atoms with Crippen LogP contribution in [0.4, 0.5) is 0 Å². The van der Waals surface area contributed by atoms with Gasteiger partial charge in [0.05, 0.1) is 18.1 Å². The average Bonchev–Trinajstić information content (AvgIpc) is 3.19. The lowest BCUT2D eigenvalue weighted by molar-refractivity contribution is -0.116. The average molecular weight is 513 g/mol. The minimum atomic E-state index is -3.07. The molecule has 3 fully saturated rings. The second-order valence-electron chi connectivity index (χ2n) is 12.2. The molecule has 0 saturated heterocycles. The van der Waals surface area contributed by atoms with Crippen molar-refractivity contribution >= 4 is 15.6 Å². The van der Waals surface area contributed by atoms with Crippen LogP contribution in [-0.2, 0) is 20.4 Å². The number of allylic oxidation sites excluding steroid dienone is 1. The van der Waals surface area contributed by atoms with Crippen molar-refractivity contribution in [3.05, 3.63) is 41.5 Å². The van der Waals surface area contributed by atoms with Gasteiger partial charge in [0.25, 0.3) is 0 Å². The molecule has 1 aromatic carbocycles. The SMILES string of the molecule is CCCCS(=O)(=O)Cc1cccc(OCC[C@]23CCC4C5CCC(=O)C=C5CCC4C2CC[C@@H]3C)c1. The van der Waals surface area contributed by atoms with E-state index in [0.29, 0.717) is 23.7 Å². The number of ether oxygens (including phenoxy) is 1. The van der Waals surface area contributed by atoms with E-state index in [4.69, 9.17) is 4.74 Å². The minimum absolute atomic E-state index is 0.0967. The topological polar surface area (TPSA) is 60.4 Å². The highest BCUT2D eigenvalue weighted by molar-refractivity contribution is 7.90. The highest BCUT2D eigenvalue weighted by Crippen LogP contribution is 2.64. The summed E-state index contributed by atoms with van der Waals surface area (Å²) in [5.41, 5.74) is 2.66. The number of carbonyl (C=O) groups is 1. The van der Waals surface area contributed by atoms with Gasteiger partial charge in [-0.15, -0.1) is 0 Å². The quantitative estimate of drug-likeness (QED) is 0.360. The molecule has 0 radical (unpaired) electrons. The van der Waals surface area contributed by atoms with Crippen LogP contribution in [0.25, 0.3) is 0 Å². The van der Waals surface area contributed by atoms with Gasteiger partial charge in [0.2, 0.25) is 0 Å². The lowest BCUT2D eigenvalue weighted by atomic mass is 9.50. The van der Waals surface area contributed by atoms with Gasteiger partial charge in [0.1, 0.15) is 5.75 Å². The Morgan fingerprint density at radius 1 is 1.06 bits per heavy atom. The Kier molecular flexibility index (Phi) is 7.68. The Balaban J connectivity index is 1.23. The van der Waals surface area contributed by atoms with Crippen molar-refractivity contribution in [1.29, 1.82) is 0 Å². The lowest BCUT2D eigenvalue weighted by Crippen LogP contribution is -2.47. The van der Waals surface area contributed by atoms with Crippen LogP contribution in [0, 0.1) is 35.0 Å². The molecule has 0 aromatic heterocycles. The molecule has 4 aliphatic carbocycles. The molecule has 36 heavy (non-hydrogen) atoms. The number of hydrogen-bond donors (Lipinski definition) is 0. The first-order chi connectivity index (χ1) is 17.3. The summed E-state index contributed by atoms with van der Waals surface area (Å²) in [7, 11) is -3.07.